The molecule has 3 heteroatoms. The van der Waals surface area contributed by atoms with Crippen LogP contribution in [-0.2, 0) is 14.3 Å². The van der Waals surface area contributed by atoms with Crippen molar-refractivity contribution in [2.24, 2.45) is 5.92 Å². The van der Waals surface area contributed by atoms with Crippen molar-refractivity contribution in [2.75, 3.05) is 7.11 Å². The van der Waals surface area contributed by atoms with Crippen LogP contribution >= 0.6 is 0 Å². The number of benzene rings is 2. The maximum atomic E-state index is 12.5. The maximum Gasteiger partial charge on any atom is 0.313 e. The van der Waals surface area contributed by atoms with E-state index in [0.29, 0.717) is 5.57 Å². The SMILES string of the molecule is COC(=O)C1CC(=O)C(c2ccccc2)=C1c1ccccc1. The molecule has 0 bridgehead atoms. The number of hydrogen-bond acceptors (Lipinski definition) is 3. The Labute approximate surface area is 129 Å². The molecule has 2 aromatic rings. The van der Waals surface area contributed by atoms with Gasteiger partial charge in [0.2, 0.25) is 0 Å². The summed E-state index contributed by atoms with van der Waals surface area (Å²) in [6.45, 7) is 0. The summed E-state index contributed by atoms with van der Waals surface area (Å²) >= 11 is 0. The van der Waals surface area contributed by atoms with E-state index in [1.54, 1.807) is 0 Å². The highest BCUT2D eigenvalue weighted by Gasteiger charge is 2.38. The number of rotatable bonds is 3. The highest BCUT2D eigenvalue weighted by Crippen LogP contribution is 2.42. The highest BCUT2D eigenvalue weighted by atomic mass is 16.5. The van der Waals surface area contributed by atoms with Crippen molar-refractivity contribution < 1.29 is 14.3 Å². The van der Waals surface area contributed by atoms with E-state index >= 15 is 0 Å². The number of methoxy groups -OCH3 is 1. The quantitative estimate of drug-likeness (QED) is 0.815. The number of Topliss-reactive ketones (excluding diaryl/α,β-unsaturated/α-hetero) is 1. The molecule has 3 nitrogen and oxygen atoms in total. The minimum atomic E-state index is -0.532. The highest BCUT2D eigenvalue weighted by molar-refractivity contribution is 6.33. The maximum absolute atomic E-state index is 12.5. The topological polar surface area (TPSA) is 43.4 Å². The van der Waals surface area contributed by atoms with Crippen LogP contribution < -0.4 is 0 Å². The summed E-state index contributed by atoms with van der Waals surface area (Å²) in [5.41, 5.74) is 3.13. The first-order valence-corrected chi connectivity index (χ1v) is 7.18. The number of hydrogen-bond donors (Lipinski definition) is 0. The van der Waals surface area contributed by atoms with Crippen molar-refractivity contribution in [2.45, 2.75) is 6.42 Å². The number of esters is 1. The van der Waals surface area contributed by atoms with E-state index in [9.17, 15) is 9.59 Å². The van der Waals surface area contributed by atoms with Crippen LogP contribution in [0.1, 0.15) is 17.5 Å². The first-order chi connectivity index (χ1) is 10.7. The summed E-state index contributed by atoms with van der Waals surface area (Å²) in [6, 6.07) is 19.1. The Bertz CT molecular complexity index is 730. The Balaban J connectivity index is 2.22. The molecule has 0 aliphatic heterocycles. The van der Waals surface area contributed by atoms with Gasteiger partial charge in [-0.2, -0.15) is 0 Å². The molecule has 0 saturated carbocycles. The summed E-state index contributed by atoms with van der Waals surface area (Å²) in [6.07, 6.45) is 0.168. The predicted octanol–water partition coefficient (Wildman–Crippen LogP) is 3.36. The summed E-state index contributed by atoms with van der Waals surface area (Å²) in [5.74, 6) is -0.909. The van der Waals surface area contributed by atoms with E-state index in [2.05, 4.69) is 0 Å². The van der Waals surface area contributed by atoms with E-state index in [1.807, 2.05) is 60.7 Å². The lowest BCUT2D eigenvalue weighted by molar-refractivity contribution is -0.144. The molecule has 1 aliphatic carbocycles. The van der Waals surface area contributed by atoms with Crippen molar-refractivity contribution in [3.05, 3.63) is 71.8 Å². The number of ether oxygens (including phenoxy) is 1. The fourth-order valence-electron chi connectivity index (χ4n) is 2.94. The molecule has 1 aliphatic rings. The third-order valence-electron chi connectivity index (χ3n) is 3.92. The fourth-order valence-corrected chi connectivity index (χ4v) is 2.94. The zero-order chi connectivity index (χ0) is 15.5. The van der Waals surface area contributed by atoms with Crippen LogP contribution in [0.15, 0.2) is 60.7 Å². The molecule has 0 amide bonds. The van der Waals surface area contributed by atoms with Crippen molar-refractivity contribution in [1.29, 1.82) is 0 Å². The minimum Gasteiger partial charge on any atom is -0.469 e. The predicted molar refractivity (Wildman–Crippen MR) is 84.8 cm³/mol. The van der Waals surface area contributed by atoms with Crippen LogP contribution in [0, 0.1) is 5.92 Å². The number of allylic oxidation sites excluding steroid dienone is 1. The fraction of sp³-hybridized carbons (Fsp3) is 0.158. The van der Waals surface area contributed by atoms with Crippen molar-refractivity contribution in [3.8, 4) is 0 Å². The van der Waals surface area contributed by atoms with Crippen LogP contribution in [-0.4, -0.2) is 18.9 Å². The van der Waals surface area contributed by atoms with Crippen LogP contribution in [0.5, 0.6) is 0 Å². The van der Waals surface area contributed by atoms with E-state index in [-0.39, 0.29) is 18.2 Å². The normalized spacial score (nSPS) is 17.7. The van der Waals surface area contributed by atoms with Gasteiger partial charge in [0, 0.05) is 12.0 Å². The molecule has 0 heterocycles. The largest absolute Gasteiger partial charge is 0.469 e. The number of carbonyl (C=O) groups is 2. The van der Waals surface area contributed by atoms with Gasteiger partial charge in [0.25, 0.3) is 0 Å². The Hall–Kier alpha value is -2.68. The van der Waals surface area contributed by atoms with Gasteiger partial charge in [-0.15, -0.1) is 0 Å². The summed E-state index contributed by atoms with van der Waals surface area (Å²) < 4.78 is 4.89. The Morgan fingerprint density at radius 1 is 0.955 bits per heavy atom. The van der Waals surface area contributed by atoms with Crippen LogP contribution in [0.25, 0.3) is 11.1 Å². The van der Waals surface area contributed by atoms with Gasteiger partial charge in [0.15, 0.2) is 5.78 Å². The number of ketones is 1. The molecule has 0 saturated heterocycles. The van der Waals surface area contributed by atoms with E-state index < -0.39 is 5.92 Å². The molecule has 1 atom stereocenters. The van der Waals surface area contributed by atoms with Gasteiger partial charge in [-0.25, -0.2) is 0 Å². The van der Waals surface area contributed by atoms with Gasteiger partial charge in [0.1, 0.15) is 0 Å². The first-order valence-electron chi connectivity index (χ1n) is 7.18. The molecule has 0 N–H and O–H groups in total. The van der Waals surface area contributed by atoms with Crippen LogP contribution in [0.4, 0.5) is 0 Å². The molecule has 0 radical (unpaired) electrons. The van der Waals surface area contributed by atoms with Gasteiger partial charge in [0.05, 0.1) is 13.0 Å². The molecule has 0 aromatic heterocycles. The van der Waals surface area contributed by atoms with Crippen molar-refractivity contribution in [1.82, 2.24) is 0 Å². The Kier molecular flexibility index (Phi) is 3.88. The second-order valence-corrected chi connectivity index (χ2v) is 5.22. The van der Waals surface area contributed by atoms with Gasteiger partial charge < -0.3 is 4.74 Å². The zero-order valence-electron chi connectivity index (χ0n) is 12.3. The van der Waals surface area contributed by atoms with Crippen LogP contribution in [0.2, 0.25) is 0 Å². The van der Waals surface area contributed by atoms with E-state index in [4.69, 9.17) is 4.74 Å². The average molecular weight is 292 g/mol. The molecule has 3 rings (SSSR count). The first kappa shape index (κ1) is 14.3. The second kappa shape index (κ2) is 5.98. The molecule has 0 fully saturated rings. The summed E-state index contributed by atoms with van der Waals surface area (Å²) in [5, 5.41) is 0. The molecular formula is C19H16O3. The van der Waals surface area contributed by atoms with Crippen molar-refractivity contribution in [3.63, 3.8) is 0 Å². The Morgan fingerprint density at radius 3 is 2.05 bits per heavy atom. The lowest BCUT2D eigenvalue weighted by Gasteiger charge is -2.13. The summed E-state index contributed by atoms with van der Waals surface area (Å²) in [4.78, 5) is 24.6. The smallest absolute Gasteiger partial charge is 0.313 e. The molecule has 0 spiro atoms. The average Bonchev–Trinajstić information content (AvgIpc) is 2.93. The van der Waals surface area contributed by atoms with E-state index in [1.165, 1.54) is 7.11 Å². The third-order valence-corrected chi connectivity index (χ3v) is 3.92. The molecule has 1 unspecified atom stereocenters. The van der Waals surface area contributed by atoms with Gasteiger partial charge >= 0.3 is 5.97 Å². The van der Waals surface area contributed by atoms with Gasteiger partial charge in [-0.05, 0) is 16.7 Å². The lowest BCUT2D eigenvalue weighted by atomic mass is 9.91. The molecule has 110 valence electrons. The molecule has 22 heavy (non-hydrogen) atoms. The molecule has 2 aromatic carbocycles. The van der Waals surface area contributed by atoms with Crippen molar-refractivity contribution >= 4 is 22.9 Å². The van der Waals surface area contributed by atoms with E-state index in [0.717, 1.165) is 16.7 Å². The monoisotopic (exact) mass is 292 g/mol. The minimum absolute atomic E-state index is 0.0135. The molecular weight excluding hydrogens is 276 g/mol. The standard InChI is InChI=1S/C19H16O3/c1-22-19(21)15-12-16(20)18(14-10-6-3-7-11-14)17(15)13-8-4-2-5-9-13/h2-11,15H,12H2,1H3. The van der Waals surface area contributed by atoms with Gasteiger partial charge in [-0.3, -0.25) is 9.59 Å². The van der Waals surface area contributed by atoms with Gasteiger partial charge in [-0.1, -0.05) is 60.7 Å². The third kappa shape index (κ3) is 2.46. The zero-order valence-corrected chi connectivity index (χ0v) is 12.3. The second-order valence-electron chi connectivity index (χ2n) is 5.22. The lowest BCUT2D eigenvalue weighted by Crippen LogP contribution is -2.16. The Morgan fingerprint density at radius 2 is 1.50 bits per heavy atom. The number of carbonyl (C=O) groups excluding carboxylic acids is 2. The van der Waals surface area contributed by atoms with Crippen LogP contribution in [0.3, 0.4) is 0 Å². The summed E-state index contributed by atoms with van der Waals surface area (Å²) in [7, 11) is 1.36.